The molecule has 0 aromatic heterocycles. The van der Waals surface area contributed by atoms with Gasteiger partial charge in [0.25, 0.3) is 0 Å². The molecule has 0 bridgehead atoms. The van der Waals surface area contributed by atoms with Gasteiger partial charge in [-0.3, -0.25) is 4.79 Å². The Bertz CT molecular complexity index is 679. The van der Waals surface area contributed by atoms with Gasteiger partial charge in [0.1, 0.15) is 5.76 Å². The number of carbonyl (C=O) groups excluding carboxylic acids is 1. The number of hydrogen-bond donors (Lipinski definition) is 0. The van der Waals surface area contributed by atoms with E-state index in [1.54, 1.807) is 0 Å². The lowest BCUT2D eigenvalue weighted by Crippen LogP contribution is -2.30. The lowest BCUT2D eigenvalue weighted by Gasteiger charge is -2.30. The Balaban J connectivity index is 2.37. The van der Waals surface area contributed by atoms with Gasteiger partial charge in [-0.1, -0.05) is 93.7 Å². The minimum atomic E-state index is -0.251. The highest BCUT2D eigenvalue weighted by molar-refractivity contribution is 6.00. The van der Waals surface area contributed by atoms with Crippen molar-refractivity contribution in [2.75, 3.05) is 6.61 Å². The molecule has 146 valence electrons. The van der Waals surface area contributed by atoms with E-state index in [9.17, 15) is 4.79 Å². The molecule has 0 saturated heterocycles. The Morgan fingerprint density at radius 1 is 0.963 bits per heavy atom. The zero-order valence-corrected chi connectivity index (χ0v) is 17.4. The van der Waals surface area contributed by atoms with E-state index in [-0.39, 0.29) is 11.2 Å². The average Bonchev–Trinajstić information content (AvgIpc) is 2.64. The van der Waals surface area contributed by atoms with Crippen molar-refractivity contribution < 1.29 is 9.53 Å². The number of ether oxygens (including phenoxy) is 1. The van der Waals surface area contributed by atoms with Crippen LogP contribution < -0.4 is 0 Å². The van der Waals surface area contributed by atoms with Gasteiger partial charge in [-0.2, -0.15) is 0 Å². The highest BCUT2D eigenvalue weighted by Gasteiger charge is 2.34. The minimum absolute atomic E-state index is 0.216. The van der Waals surface area contributed by atoms with E-state index < -0.39 is 0 Å². The van der Waals surface area contributed by atoms with Crippen LogP contribution in [0.15, 0.2) is 84.2 Å². The lowest BCUT2D eigenvalue weighted by atomic mass is 9.76. The van der Waals surface area contributed by atoms with E-state index in [4.69, 9.17) is 4.74 Å². The molecular formula is C25H34O2. The SMILES string of the molecule is C/C=C/C=C/C=C/C=C/C=C/C=C/C(C)COC1=C(C)C(=O)C(C)(C)CC1. The van der Waals surface area contributed by atoms with Crippen LogP contribution in [0.25, 0.3) is 0 Å². The number of allylic oxidation sites excluding steroid dienone is 13. The maximum Gasteiger partial charge on any atom is 0.167 e. The molecule has 1 atom stereocenters. The third-order valence-electron chi connectivity index (χ3n) is 4.50. The molecule has 1 rings (SSSR count). The number of ketones is 1. The van der Waals surface area contributed by atoms with Crippen LogP contribution in [0, 0.1) is 11.3 Å². The third kappa shape index (κ3) is 8.72. The molecule has 0 heterocycles. The topological polar surface area (TPSA) is 26.3 Å². The second kappa shape index (κ2) is 12.1. The Hall–Kier alpha value is -2.35. The fourth-order valence-electron chi connectivity index (χ4n) is 2.71. The summed E-state index contributed by atoms with van der Waals surface area (Å²) < 4.78 is 5.92. The zero-order chi connectivity index (χ0) is 20.1. The van der Waals surface area contributed by atoms with Gasteiger partial charge in [0, 0.05) is 23.3 Å². The highest BCUT2D eigenvalue weighted by Crippen LogP contribution is 2.35. The number of hydrogen-bond acceptors (Lipinski definition) is 2. The second-order valence-corrected chi connectivity index (χ2v) is 7.50. The van der Waals surface area contributed by atoms with E-state index in [0.29, 0.717) is 12.5 Å². The van der Waals surface area contributed by atoms with Gasteiger partial charge in [-0.15, -0.1) is 0 Å². The van der Waals surface area contributed by atoms with Crippen molar-refractivity contribution in [3.05, 3.63) is 84.2 Å². The maximum atomic E-state index is 12.3. The first-order valence-electron chi connectivity index (χ1n) is 9.72. The van der Waals surface area contributed by atoms with Crippen LogP contribution in [0.2, 0.25) is 0 Å². The van der Waals surface area contributed by atoms with Gasteiger partial charge >= 0.3 is 0 Å². The summed E-state index contributed by atoms with van der Waals surface area (Å²) >= 11 is 0. The molecule has 1 aliphatic rings. The summed E-state index contributed by atoms with van der Waals surface area (Å²) in [7, 11) is 0. The van der Waals surface area contributed by atoms with E-state index >= 15 is 0 Å². The van der Waals surface area contributed by atoms with E-state index in [1.165, 1.54) is 0 Å². The van der Waals surface area contributed by atoms with Crippen molar-refractivity contribution in [2.24, 2.45) is 11.3 Å². The molecule has 2 heteroatoms. The normalized spacial score (nSPS) is 19.8. The third-order valence-corrected chi connectivity index (χ3v) is 4.50. The molecule has 1 aliphatic carbocycles. The van der Waals surface area contributed by atoms with Crippen molar-refractivity contribution >= 4 is 5.78 Å². The molecule has 0 aromatic rings. The van der Waals surface area contributed by atoms with Crippen LogP contribution in [0.1, 0.15) is 47.5 Å². The van der Waals surface area contributed by atoms with E-state index in [2.05, 4.69) is 13.0 Å². The monoisotopic (exact) mass is 366 g/mol. The van der Waals surface area contributed by atoms with Gasteiger partial charge in [0.2, 0.25) is 0 Å². The van der Waals surface area contributed by atoms with Crippen LogP contribution in [-0.4, -0.2) is 12.4 Å². The summed E-state index contributed by atoms with van der Waals surface area (Å²) in [4.78, 5) is 12.3. The first kappa shape index (κ1) is 22.7. The Labute approximate surface area is 165 Å². The molecule has 0 aliphatic heterocycles. The number of carbonyl (C=O) groups is 1. The summed E-state index contributed by atoms with van der Waals surface area (Å²) in [5, 5.41) is 0. The first-order chi connectivity index (χ1) is 12.9. The summed E-state index contributed by atoms with van der Waals surface area (Å²) in [6, 6.07) is 0. The van der Waals surface area contributed by atoms with Crippen molar-refractivity contribution in [1.82, 2.24) is 0 Å². The molecule has 0 aromatic carbocycles. The van der Waals surface area contributed by atoms with E-state index in [0.717, 1.165) is 24.2 Å². The van der Waals surface area contributed by atoms with Gasteiger partial charge in [-0.25, -0.2) is 0 Å². The molecule has 0 fully saturated rings. The van der Waals surface area contributed by atoms with Crippen LogP contribution in [-0.2, 0) is 9.53 Å². The molecule has 2 nitrogen and oxygen atoms in total. The largest absolute Gasteiger partial charge is 0.497 e. The van der Waals surface area contributed by atoms with Crippen LogP contribution >= 0.6 is 0 Å². The standard InChI is InChI=1S/C25H34O2/c1-6-7-8-9-10-11-12-13-14-15-16-17-21(2)20-27-23-18-19-25(4,5)24(26)22(23)3/h6-17,21H,18-20H2,1-5H3/b7-6+,9-8+,11-10+,13-12+,15-14+,17-16+. The van der Waals surface area contributed by atoms with Crippen molar-refractivity contribution in [2.45, 2.75) is 47.5 Å². The van der Waals surface area contributed by atoms with Gasteiger partial charge < -0.3 is 4.74 Å². The fourth-order valence-corrected chi connectivity index (χ4v) is 2.71. The summed E-state index contributed by atoms with van der Waals surface area (Å²) in [5.41, 5.74) is 0.541. The summed E-state index contributed by atoms with van der Waals surface area (Å²) in [5.74, 6) is 1.38. The van der Waals surface area contributed by atoms with E-state index in [1.807, 2.05) is 94.5 Å². The molecule has 1 unspecified atom stereocenters. The van der Waals surface area contributed by atoms with Gasteiger partial charge in [-0.05, 0) is 20.3 Å². The molecule has 27 heavy (non-hydrogen) atoms. The molecule has 0 radical (unpaired) electrons. The average molecular weight is 367 g/mol. The molecule has 0 N–H and O–H groups in total. The van der Waals surface area contributed by atoms with Crippen molar-refractivity contribution in [3.8, 4) is 0 Å². The maximum absolute atomic E-state index is 12.3. The van der Waals surface area contributed by atoms with Crippen LogP contribution in [0.3, 0.4) is 0 Å². The quantitative estimate of drug-likeness (QED) is 0.426. The van der Waals surface area contributed by atoms with Gasteiger partial charge in [0.05, 0.1) is 6.61 Å². The van der Waals surface area contributed by atoms with Crippen molar-refractivity contribution in [3.63, 3.8) is 0 Å². The Kier molecular flexibility index (Phi) is 10.2. The Morgan fingerprint density at radius 2 is 1.48 bits per heavy atom. The first-order valence-corrected chi connectivity index (χ1v) is 9.72. The lowest BCUT2D eigenvalue weighted by molar-refractivity contribution is -0.124. The van der Waals surface area contributed by atoms with Crippen molar-refractivity contribution in [1.29, 1.82) is 0 Å². The molecular weight excluding hydrogens is 332 g/mol. The highest BCUT2D eigenvalue weighted by atomic mass is 16.5. The number of Topliss-reactive ketones (excluding diaryl/α,β-unsaturated/α-hetero) is 1. The minimum Gasteiger partial charge on any atom is -0.497 e. The smallest absolute Gasteiger partial charge is 0.167 e. The van der Waals surface area contributed by atoms with Gasteiger partial charge in [0.15, 0.2) is 5.78 Å². The summed E-state index contributed by atoms with van der Waals surface area (Å²) in [6.07, 6.45) is 25.8. The predicted molar refractivity (Wildman–Crippen MR) is 116 cm³/mol. The molecule has 0 spiro atoms. The summed E-state index contributed by atoms with van der Waals surface area (Å²) in [6.45, 7) is 10.6. The molecule has 0 saturated carbocycles. The zero-order valence-electron chi connectivity index (χ0n) is 17.4. The van der Waals surface area contributed by atoms with Crippen LogP contribution in [0.5, 0.6) is 0 Å². The Morgan fingerprint density at radius 3 is 2.04 bits per heavy atom. The number of rotatable bonds is 9. The van der Waals surface area contributed by atoms with Crippen LogP contribution in [0.4, 0.5) is 0 Å². The fraction of sp³-hybridized carbons (Fsp3) is 0.400. The molecule has 0 amide bonds. The second-order valence-electron chi connectivity index (χ2n) is 7.50. The predicted octanol–water partition coefficient (Wildman–Crippen LogP) is 6.66.